The first-order valence-electron chi connectivity index (χ1n) is 5.60. The van der Waals surface area contributed by atoms with Crippen LogP contribution in [0.3, 0.4) is 0 Å². The van der Waals surface area contributed by atoms with Crippen LogP contribution >= 0.6 is 0 Å². The number of nitro groups is 3. The van der Waals surface area contributed by atoms with E-state index in [-0.39, 0.29) is 5.75 Å². The number of nitrogens with zero attached hydrogens (tertiary/aromatic N) is 5. The van der Waals surface area contributed by atoms with Crippen molar-refractivity contribution < 1.29 is 19.5 Å². The zero-order valence-corrected chi connectivity index (χ0v) is 10.9. The Kier molecular flexibility index (Phi) is 3.66. The van der Waals surface area contributed by atoms with Crippen LogP contribution in [-0.2, 0) is 7.05 Å². The molecule has 12 heteroatoms. The minimum absolute atomic E-state index is 0.298. The highest BCUT2D eigenvalue weighted by Gasteiger charge is 2.39. The van der Waals surface area contributed by atoms with Gasteiger partial charge in [0.15, 0.2) is 0 Å². The summed E-state index contributed by atoms with van der Waals surface area (Å²) in [5.41, 5.74) is -1.42. The summed E-state index contributed by atoms with van der Waals surface area (Å²) in [6, 6.07) is 5.14. The molecule has 2 rings (SSSR count). The third-order valence-corrected chi connectivity index (χ3v) is 2.58. The monoisotopic (exact) mass is 309 g/mol. The van der Waals surface area contributed by atoms with Gasteiger partial charge in [-0.3, -0.25) is 20.2 Å². The van der Waals surface area contributed by atoms with Gasteiger partial charge in [0.1, 0.15) is 0 Å². The summed E-state index contributed by atoms with van der Waals surface area (Å²) in [5.74, 6) is -1.89. The fourth-order valence-corrected chi connectivity index (χ4v) is 1.68. The fraction of sp³-hybridized carbons (Fsp3) is 0.100. The van der Waals surface area contributed by atoms with Crippen LogP contribution in [0.1, 0.15) is 0 Å². The highest BCUT2D eigenvalue weighted by Crippen LogP contribution is 2.40. The van der Waals surface area contributed by atoms with Crippen molar-refractivity contribution in [1.82, 2.24) is 9.78 Å². The maximum atomic E-state index is 11.0. The lowest BCUT2D eigenvalue weighted by Crippen LogP contribution is -1.99. The largest absolute Gasteiger partial charge is 0.472 e. The SMILES string of the molecule is Cn1nc([N+](=O)[O-])c([N+](=O)[O-])c1Oc1ccccc1[N+](=O)[O-]. The van der Waals surface area contributed by atoms with Gasteiger partial charge < -0.3 is 14.9 Å². The molecule has 0 atom stereocenters. The number of aromatic nitrogens is 2. The first-order chi connectivity index (χ1) is 10.3. The first kappa shape index (κ1) is 14.8. The van der Waals surface area contributed by atoms with E-state index in [1.807, 2.05) is 0 Å². The van der Waals surface area contributed by atoms with E-state index >= 15 is 0 Å². The first-order valence-corrected chi connectivity index (χ1v) is 5.60. The van der Waals surface area contributed by atoms with Gasteiger partial charge in [-0.05, 0) is 11.0 Å². The van der Waals surface area contributed by atoms with E-state index in [0.717, 1.165) is 10.7 Å². The average molecular weight is 309 g/mol. The lowest BCUT2D eigenvalue weighted by molar-refractivity contribution is -0.425. The number of para-hydroxylation sites is 2. The molecule has 22 heavy (non-hydrogen) atoms. The van der Waals surface area contributed by atoms with Gasteiger partial charge in [-0.15, -0.1) is 4.68 Å². The van der Waals surface area contributed by atoms with Crippen molar-refractivity contribution in [3.05, 3.63) is 54.6 Å². The quantitative estimate of drug-likeness (QED) is 0.598. The average Bonchev–Trinajstić information content (AvgIpc) is 2.77. The lowest BCUT2D eigenvalue weighted by atomic mass is 10.3. The minimum Gasteiger partial charge on any atom is -0.425 e. The number of rotatable bonds is 5. The van der Waals surface area contributed by atoms with Gasteiger partial charge in [0, 0.05) is 6.07 Å². The van der Waals surface area contributed by atoms with Crippen LogP contribution in [0.15, 0.2) is 24.3 Å². The fourth-order valence-electron chi connectivity index (χ4n) is 1.68. The zero-order chi connectivity index (χ0) is 16.4. The molecule has 0 radical (unpaired) electrons. The molecule has 0 amide bonds. The number of benzene rings is 1. The molecule has 0 saturated carbocycles. The maximum Gasteiger partial charge on any atom is 0.472 e. The number of aryl methyl sites for hydroxylation is 1. The van der Waals surface area contributed by atoms with Crippen molar-refractivity contribution >= 4 is 17.2 Å². The van der Waals surface area contributed by atoms with Gasteiger partial charge in [0.05, 0.1) is 22.0 Å². The van der Waals surface area contributed by atoms with E-state index in [0.29, 0.717) is 0 Å². The van der Waals surface area contributed by atoms with Crippen LogP contribution in [0.5, 0.6) is 11.6 Å². The Hall–Kier alpha value is -3.57. The molecule has 12 nitrogen and oxygen atoms in total. The van der Waals surface area contributed by atoms with E-state index in [1.54, 1.807) is 0 Å². The van der Waals surface area contributed by atoms with E-state index in [1.165, 1.54) is 25.2 Å². The Morgan fingerprint density at radius 3 is 2.23 bits per heavy atom. The third-order valence-electron chi connectivity index (χ3n) is 2.58. The summed E-state index contributed by atoms with van der Waals surface area (Å²) in [4.78, 5) is 29.9. The van der Waals surface area contributed by atoms with Crippen LogP contribution in [0.4, 0.5) is 17.2 Å². The molecule has 0 N–H and O–H groups in total. The molecule has 2 aromatic rings. The van der Waals surface area contributed by atoms with E-state index in [4.69, 9.17) is 4.74 Å². The van der Waals surface area contributed by atoms with Crippen LogP contribution in [0.2, 0.25) is 0 Å². The molecule has 0 saturated heterocycles. The van der Waals surface area contributed by atoms with Crippen LogP contribution in [0.25, 0.3) is 0 Å². The number of hydrogen-bond donors (Lipinski definition) is 0. The van der Waals surface area contributed by atoms with Gasteiger partial charge in [-0.1, -0.05) is 12.1 Å². The molecular formula is C10H7N5O7. The Labute approximate surface area is 121 Å². The number of ether oxygens (including phenoxy) is 1. The second-order valence-electron chi connectivity index (χ2n) is 3.94. The Balaban J connectivity index is 2.58. The van der Waals surface area contributed by atoms with Crippen LogP contribution in [0, 0.1) is 30.3 Å². The van der Waals surface area contributed by atoms with E-state index < -0.39 is 37.8 Å². The van der Waals surface area contributed by atoms with Crippen molar-refractivity contribution in [3.8, 4) is 11.6 Å². The molecule has 1 aromatic heterocycles. The molecule has 0 spiro atoms. The molecule has 0 unspecified atom stereocenters. The summed E-state index contributed by atoms with van der Waals surface area (Å²) >= 11 is 0. The minimum atomic E-state index is -1.04. The predicted octanol–water partition coefficient (Wildman–Crippen LogP) is 1.94. The molecular weight excluding hydrogens is 302 g/mol. The smallest absolute Gasteiger partial charge is 0.425 e. The summed E-state index contributed by atoms with van der Waals surface area (Å²) in [5, 5.41) is 36.1. The third kappa shape index (κ3) is 2.52. The maximum absolute atomic E-state index is 11.0. The Morgan fingerprint density at radius 1 is 1.05 bits per heavy atom. The van der Waals surface area contributed by atoms with Crippen molar-refractivity contribution in [2.24, 2.45) is 7.05 Å². The second-order valence-corrected chi connectivity index (χ2v) is 3.94. The highest BCUT2D eigenvalue weighted by atomic mass is 16.6. The summed E-state index contributed by atoms with van der Waals surface area (Å²) in [7, 11) is 1.18. The molecule has 0 fully saturated rings. The second kappa shape index (κ2) is 5.43. The van der Waals surface area contributed by atoms with Gasteiger partial charge in [-0.25, -0.2) is 0 Å². The topological polar surface area (TPSA) is 156 Å². The summed E-state index contributed by atoms with van der Waals surface area (Å²) in [6.07, 6.45) is 0. The molecule has 1 aromatic carbocycles. The van der Waals surface area contributed by atoms with Crippen molar-refractivity contribution in [1.29, 1.82) is 0 Å². The predicted molar refractivity (Wildman–Crippen MR) is 69.7 cm³/mol. The number of nitro benzene ring substituents is 1. The highest BCUT2D eigenvalue weighted by molar-refractivity contribution is 5.58. The van der Waals surface area contributed by atoms with Crippen molar-refractivity contribution in [2.75, 3.05) is 0 Å². The molecule has 0 aliphatic rings. The van der Waals surface area contributed by atoms with Crippen molar-refractivity contribution in [2.45, 2.75) is 0 Å². The number of hydrogen-bond acceptors (Lipinski definition) is 8. The van der Waals surface area contributed by atoms with Gasteiger partial charge in [-0.2, -0.15) is 0 Å². The van der Waals surface area contributed by atoms with Gasteiger partial charge in [0.25, 0.3) is 0 Å². The summed E-state index contributed by atoms with van der Waals surface area (Å²) < 4.78 is 5.91. The van der Waals surface area contributed by atoms with E-state index in [2.05, 4.69) is 5.10 Å². The molecule has 0 aliphatic heterocycles. The Bertz CT molecular complexity index is 784. The van der Waals surface area contributed by atoms with E-state index in [9.17, 15) is 30.3 Å². The zero-order valence-electron chi connectivity index (χ0n) is 10.9. The summed E-state index contributed by atoms with van der Waals surface area (Å²) in [6.45, 7) is 0. The molecule has 0 aliphatic carbocycles. The lowest BCUT2D eigenvalue weighted by Gasteiger charge is -2.03. The van der Waals surface area contributed by atoms with Gasteiger partial charge in [0.2, 0.25) is 5.75 Å². The normalized spacial score (nSPS) is 10.2. The van der Waals surface area contributed by atoms with Gasteiger partial charge >= 0.3 is 23.1 Å². The molecule has 0 bridgehead atoms. The van der Waals surface area contributed by atoms with Crippen LogP contribution in [-0.4, -0.2) is 24.6 Å². The molecule has 114 valence electrons. The standard InChI is InChI=1S/C10H7N5O7/c1-12-10(8(14(18)19)9(11-12)15(20)21)22-7-5-3-2-4-6(7)13(16)17/h2-5H,1H3. The van der Waals surface area contributed by atoms with Crippen LogP contribution < -0.4 is 4.74 Å². The van der Waals surface area contributed by atoms with Crippen molar-refractivity contribution in [3.63, 3.8) is 0 Å². The Morgan fingerprint density at radius 2 is 1.68 bits per heavy atom. The molecule has 1 heterocycles.